The fraction of sp³-hybridized carbons (Fsp3) is 0.0909. The number of aromatic nitrogens is 2. The van der Waals surface area contributed by atoms with Gasteiger partial charge in [0.15, 0.2) is 5.43 Å². The molecular weight excluding hydrogens is 379 g/mol. The van der Waals surface area contributed by atoms with Crippen molar-refractivity contribution >= 4 is 22.5 Å². The number of anilines is 2. The van der Waals surface area contributed by atoms with E-state index < -0.39 is 22.9 Å². The number of hydrogen-bond acceptors (Lipinski definition) is 3. The molecule has 0 saturated carbocycles. The van der Waals surface area contributed by atoms with Crippen LogP contribution in [0.25, 0.3) is 16.7 Å². The zero-order chi connectivity index (χ0) is 20.5. The predicted octanol–water partition coefficient (Wildman–Crippen LogP) is 5.11. The third-order valence-corrected chi connectivity index (χ3v) is 4.64. The maximum Gasteiger partial charge on any atom is 0.193 e. The summed E-state index contributed by atoms with van der Waals surface area (Å²) in [6, 6.07) is 12.6. The van der Waals surface area contributed by atoms with E-state index in [-0.39, 0.29) is 16.6 Å². The average Bonchev–Trinajstić information content (AvgIpc) is 2.71. The van der Waals surface area contributed by atoms with Gasteiger partial charge in [-0.05, 0) is 55.0 Å². The first-order chi connectivity index (χ1) is 14.0. The quantitative estimate of drug-likeness (QED) is 0.522. The lowest BCUT2D eigenvalue weighted by Gasteiger charge is -2.19. The summed E-state index contributed by atoms with van der Waals surface area (Å²) < 4.78 is 42.6. The standard InChI is InChI=1S/C22H16F3N3O/c1-2-17-18(25)12-26-22-21(17)19(29)11-20(27-15-7-3-13(23)4-8-15)28(22)16-9-5-14(24)6-10-16/h3-12,27H,2H2,1H3. The number of halogens is 3. The number of pyridine rings is 2. The Labute approximate surface area is 164 Å². The lowest BCUT2D eigenvalue weighted by molar-refractivity contribution is 0.609. The topological polar surface area (TPSA) is 46.9 Å². The fourth-order valence-electron chi connectivity index (χ4n) is 3.29. The van der Waals surface area contributed by atoms with Crippen LogP contribution in [-0.2, 0) is 6.42 Å². The van der Waals surface area contributed by atoms with Crippen LogP contribution in [0.1, 0.15) is 12.5 Å². The first-order valence-electron chi connectivity index (χ1n) is 8.99. The highest BCUT2D eigenvalue weighted by Gasteiger charge is 2.17. The van der Waals surface area contributed by atoms with Crippen molar-refractivity contribution in [2.75, 3.05) is 5.32 Å². The molecule has 146 valence electrons. The summed E-state index contributed by atoms with van der Waals surface area (Å²) >= 11 is 0. The summed E-state index contributed by atoms with van der Waals surface area (Å²) in [5, 5.41) is 3.23. The first kappa shape index (κ1) is 18.7. The van der Waals surface area contributed by atoms with Gasteiger partial charge in [0.2, 0.25) is 0 Å². The molecule has 4 rings (SSSR count). The number of nitrogens with zero attached hydrogens (tertiary/aromatic N) is 2. The van der Waals surface area contributed by atoms with Crippen LogP contribution in [0.4, 0.5) is 24.7 Å². The second-order valence-electron chi connectivity index (χ2n) is 6.47. The number of nitrogens with one attached hydrogen (secondary N) is 1. The van der Waals surface area contributed by atoms with Crippen LogP contribution in [-0.4, -0.2) is 9.55 Å². The van der Waals surface area contributed by atoms with Gasteiger partial charge in [0, 0.05) is 23.0 Å². The van der Waals surface area contributed by atoms with Crippen molar-refractivity contribution in [1.29, 1.82) is 0 Å². The molecule has 0 aliphatic carbocycles. The van der Waals surface area contributed by atoms with Crippen molar-refractivity contribution in [3.05, 3.63) is 94.0 Å². The predicted molar refractivity (Wildman–Crippen MR) is 106 cm³/mol. The van der Waals surface area contributed by atoms with Gasteiger partial charge in [0.05, 0.1) is 11.6 Å². The van der Waals surface area contributed by atoms with Gasteiger partial charge in [-0.25, -0.2) is 18.2 Å². The molecule has 2 heterocycles. The minimum absolute atomic E-state index is 0.168. The number of hydrogen-bond donors (Lipinski definition) is 1. The molecule has 0 bridgehead atoms. The number of aryl methyl sites for hydroxylation is 1. The third kappa shape index (κ3) is 3.47. The molecule has 7 heteroatoms. The van der Waals surface area contributed by atoms with Crippen molar-refractivity contribution in [1.82, 2.24) is 9.55 Å². The lowest BCUT2D eigenvalue weighted by Crippen LogP contribution is -2.16. The molecule has 29 heavy (non-hydrogen) atoms. The summed E-state index contributed by atoms with van der Waals surface area (Å²) in [7, 11) is 0. The molecule has 0 aliphatic rings. The highest BCUT2D eigenvalue weighted by molar-refractivity contribution is 5.84. The molecule has 4 nitrogen and oxygen atoms in total. The zero-order valence-electron chi connectivity index (χ0n) is 15.4. The van der Waals surface area contributed by atoms with Crippen molar-refractivity contribution in [2.45, 2.75) is 13.3 Å². The Morgan fingerprint density at radius 1 is 0.966 bits per heavy atom. The Morgan fingerprint density at radius 2 is 1.59 bits per heavy atom. The molecule has 0 spiro atoms. The van der Waals surface area contributed by atoms with E-state index in [9.17, 15) is 18.0 Å². The summed E-state index contributed by atoms with van der Waals surface area (Å²) in [6.07, 6.45) is 1.39. The van der Waals surface area contributed by atoms with Crippen molar-refractivity contribution in [2.24, 2.45) is 0 Å². The van der Waals surface area contributed by atoms with E-state index in [0.717, 1.165) is 6.20 Å². The SMILES string of the molecule is CCc1c(F)cnc2c1c(=O)cc(Nc1ccc(F)cc1)n2-c1ccc(F)cc1. The Balaban J connectivity index is 2.02. The number of rotatable bonds is 4. The minimum Gasteiger partial charge on any atom is -0.341 e. The molecule has 1 N–H and O–H groups in total. The van der Waals surface area contributed by atoms with E-state index in [2.05, 4.69) is 10.3 Å². The van der Waals surface area contributed by atoms with E-state index in [1.54, 1.807) is 11.5 Å². The van der Waals surface area contributed by atoms with Crippen molar-refractivity contribution < 1.29 is 13.2 Å². The van der Waals surface area contributed by atoms with Crippen molar-refractivity contribution in [3.63, 3.8) is 0 Å². The molecule has 4 aromatic rings. The molecular formula is C22H16F3N3O. The highest BCUT2D eigenvalue weighted by Crippen LogP contribution is 2.27. The van der Waals surface area contributed by atoms with Crippen LogP contribution < -0.4 is 10.7 Å². The van der Waals surface area contributed by atoms with Crippen LogP contribution in [0.15, 0.2) is 65.6 Å². The average molecular weight is 395 g/mol. The Morgan fingerprint density at radius 3 is 2.21 bits per heavy atom. The van der Waals surface area contributed by atoms with Crippen LogP contribution >= 0.6 is 0 Å². The van der Waals surface area contributed by atoms with Crippen LogP contribution in [0.2, 0.25) is 0 Å². The van der Waals surface area contributed by atoms with Gasteiger partial charge in [-0.15, -0.1) is 0 Å². The molecule has 0 saturated heterocycles. The summed E-state index contributed by atoms with van der Waals surface area (Å²) in [4.78, 5) is 17.0. The zero-order valence-corrected chi connectivity index (χ0v) is 15.4. The van der Waals surface area contributed by atoms with Crippen LogP contribution in [0.5, 0.6) is 0 Å². The van der Waals surface area contributed by atoms with Crippen LogP contribution in [0.3, 0.4) is 0 Å². The van der Waals surface area contributed by atoms with Crippen molar-refractivity contribution in [3.8, 4) is 5.69 Å². The molecule has 0 amide bonds. The van der Waals surface area contributed by atoms with E-state index >= 15 is 0 Å². The van der Waals surface area contributed by atoms with E-state index in [1.807, 2.05) is 0 Å². The second kappa shape index (κ2) is 7.43. The summed E-state index contributed by atoms with van der Waals surface area (Å²) in [5.41, 5.74) is 1.18. The summed E-state index contributed by atoms with van der Waals surface area (Å²) in [6.45, 7) is 1.75. The molecule has 2 aromatic heterocycles. The van der Waals surface area contributed by atoms with Gasteiger partial charge < -0.3 is 5.32 Å². The smallest absolute Gasteiger partial charge is 0.193 e. The lowest BCUT2D eigenvalue weighted by atomic mass is 10.1. The number of benzene rings is 2. The maximum absolute atomic E-state index is 14.3. The van der Waals surface area contributed by atoms with E-state index in [0.29, 0.717) is 23.6 Å². The second-order valence-corrected chi connectivity index (χ2v) is 6.47. The Bertz CT molecular complexity index is 1250. The normalized spacial score (nSPS) is 11.0. The van der Waals surface area contributed by atoms with Crippen LogP contribution in [0, 0.1) is 17.5 Å². The minimum atomic E-state index is -0.554. The van der Waals surface area contributed by atoms with Gasteiger partial charge in [0.25, 0.3) is 0 Å². The largest absolute Gasteiger partial charge is 0.341 e. The number of fused-ring (bicyclic) bond motifs is 1. The van der Waals surface area contributed by atoms with E-state index in [1.165, 1.54) is 54.6 Å². The molecule has 0 radical (unpaired) electrons. The highest BCUT2D eigenvalue weighted by atomic mass is 19.1. The van der Waals surface area contributed by atoms with Gasteiger partial charge >= 0.3 is 0 Å². The maximum atomic E-state index is 14.3. The monoisotopic (exact) mass is 395 g/mol. The Kier molecular flexibility index (Phi) is 4.80. The summed E-state index contributed by atoms with van der Waals surface area (Å²) in [5.74, 6) is -1.03. The molecule has 0 aliphatic heterocycles. The molecule has 0 fully saturated rings. The fourth-order valence-corrected chi connectivity index (χ4v) is 3.29. The van der Waals surface area contributed by atoms with Gasteiger partial charge in [-0.1, -0.05) is 6.92 Å². The van der Waals surface area contributed by atoms with Gasteiger partial charge in [-0.3, -0.25) is 9.36 Å². The van der Waals surface area contributed by atoms with Gasteiger partial charge in [-0.2, -0.15) is 0 Å². The molecule has 0 unspecified atom stereocenters. The van der Waals surface area contributed by atoms with E-state index in [4.69, 9.17) is 0 Å². The Hall–Kier alpha value is -3.61. The molecule has 0 atom stereocenters. The first-order valence-corrected chi connectivity index (χ1v) is 8.99. The third-order valence-electron chi connectivity index (χ3n) is 4.64. The van der Waals surface area contributed by atoms with Gasteiger partial charge in [0.1, 0.15) is 28.9 Å². The molecule has 2 aromatic carbocycles.